The van der Waals surface area contributed by atoms with Gasteiger partial charge in [0, 0.05) is 21.3 Å². The average molecular weight is 493 g/mol. The lowest BCUT2D eigenvalue weighted by Crippen LogP contribution is -2.01. The first-order chi connectivity index (χ1) is 15.7. The molecule has 0 spiro atoms. The average Bonchev–Trinajstić information content (AvgIpc) is 2.81. The number of fused-ring (bicyclic) bond motifs is 2. The number of nitrogens with zero attached hydrogens (tertiary/aromatic N) is 2. The van der Waals surface area contributed by atoms with Gasteiger partial charge in [-0.05, 0) is 47.2 Å². The number of thioether (sulfide) groups is 2. The predicted molar refractivity (Wildman–Crippen MR) is 139 cm³/mol. The van der Waals surface area contributed by atoms with E-state index in [1.165, 1.54) is 0 Å². The molecule has 4 aromatic carbocycles. The number of hydrogen-bond donors (Lipinski definition) is 0. The van der Waals surface area contributed by atoms with E-state index in [-0.39, 0.29) is 0 Å². The first-order valence-electron chi connectivity index (χ1n) is 10.1. The fraction of sp³-hybridized carbons (Fsp3) is 0.0769. The van der Waals surface area contributed by atoms with Crippen LogP contribution < -0.4 is 0 Å². The third kappa shape index (κ3) is 4.74. The number of rotatable bonds is 6. The summed E-state index contributed by atoms with van der Waals surface area (Å²) in [5, 5.41) is 3.84. The van der Waals surface area contributed by atoms with Crippen molar-refractivity contribution in [1.82, 2.24) is 9.97 Å². The molecule has 0 radical (unpaired) electrons. The van der Waals surface area contributed by atoms with Gasteiger partial charge >= 0.3 is 0 Å². The van der Waals surface area contributed by atoms with Gasteiger partial charge < -0.3 is 0 Å². The largest absolute Gasteiger partial charge is 0.248 e. The van der Waals surface area contributed by atoms with Crippen molar-refractivity contribution in [3.8, 4) is 0 Å². The summed E-state index contributed by atoms with van der Waals surface area (Å²) < 4.78 is 0. The predicted octanol–water partition coefficient (Wildman–Crippen LogP) is 8.67. The Morgan fingerprint density at radius 1 is 0.562 bits per heavy atom. The van der Waals surface area contributed by atoms with Crippen LogP contribution in [0.15, 0.2) is 94.7 Å². The Kier molecular flexibility index (Phi) is 6.56. The van der Waals surface area contributed by atoms with Crippen LogP contribution in [0, 0.1) is 0 Å². The van der Waals surface area contributed by atoms with E-state index >= 15 is 0 Å². The maximum absolute atomic E-state index is 6.37. The Balaban J connectivity index is 1.53. The summed E-state index contributed by atoms with van der Waals surface area (Å²) in [6.45, 7) is 0. The smallest absolute Gasteiger partial charge is 0.0897 e. The molecule has 0 amide bonds. The summed E-state index contributed by atoms with van der Waals surface area (Å²) in [6, 6.07) is 28.3. The zero-order chi connectivity index (χ0) is 21.9. The SMILES string of the molecule is Clc1ccccc1SCc1nc2cc3ccccc3cc2nc1CSc1ccccc1Cl. The van der Waals surface area contributed by atoms with Crippen molar-refractivity contribution < 1.29 is 0 Å². The topological polar surface area (TPSA) is 25.8 Å². The number of aromatic nitrogens is 2. The Morgan fingerprint density at radius 3 is 1.41 bits per heavy atom. The van der Waals surface area contributed by atoms with Gasteiger partial charge in [-0.25, -0.2) is 9.97 Å². The minimum Gasteiger partial charge on any atom is -0.248 e. The Hall–Kier alpha value is -2.24. The van der Waals surface area contributed by atoms with Crippen LogP contribution in [0.3, 0.4) is 0 Å². The highest BCUT2D eigenvalue weighted by molar-refractivity contribution is 7.99. The quantitative estimate of drug-likeness (QED) is 0.175. The van der Waals surface area contributed by atoms with E-state index in [2.05, 4.69) is 24.3 Å². The molecule has 0 bridgehead atoms. The van der Waals surface area contributed by atoms with Gasteiger partial charge in [-0.2, -0.15) is 0 Å². The second-order valence-corrected chi connectivity index (χ2v) is 10.1. The summed E-state index contributed by atoms with van der Waals surface area (Å²) >= 11 is 16.1. The van der Waals surface area contributed by atoms with Crippen LogP contribution in [-0.4, -0.2) is 9.97 Å². The number of hydrogen-bond acceptors (Lipinski definition) is 4. The monoisotopic (exact) mass is 492 g/mol. The zero-order valence-corrected chi connectivity index (χ0v) is 20.1. The fourth-order valence-electron chi connectivity index (χ4n) is 3.46. The van der Waals surface area contributed by atoms with E-state index in [0.717, 1.165) is 53.0 Å². The van der Waals surface area contributed by atoms with Gasteiger partial charge in [0.05, 0.1) is 32.5 Å². The van der Waals surface area contributed by atoms with Gasteiger partial charge in [-0.1, -0.05) is 71.7 Å². The molecular formula is C26H18Cl2N2S2. The molecule has 0 aliphatic heterocycles. The molecule has 0 N–H and O–H groups in total. The molecule has 158 valence electrons. The Morgan fingerprint density at radius 2 is 0.969 bits per heavy atom. The van der Waals surface area contributed by atoms with Crippen LogP contribution in [-0.2, 0) is 11.5 Å². The molecule has 0 aliphatic rings. The van der Waals surface area contributed by atoms with Gasteiger partial charge in [0.2, 0.25) is 0 Å². The van der Waals surface area contributed by atoms with E-state index in [4.69, 9.17) is 33.2 Å². The zero-order valence-electron chi connectivity index (χ0n) is 17.0. The summed E-state index contributed by atoms with van der Waals surface area (Å²) in [4.78, 5) is 12.1. The van der Waals surface area contributed by atoms with E-state index in [1.54, 1.807) is 23.5 Å². The molecule has 1 heterocycles. The van der Waals surface area contributed by atoms with Crippen molar-refractivity contribution in [2.24, 2.45) is 0 Å². The van der Waals surface area contributed by atoms with Crippen molar-refractivity contribution in [3.05, 3.63) is 106 Å². The van der Waals surface area contributed by atoms with Gasteiger partial charge in [0.1, 0.15) is 0 Å². The van der Waals surface area contributed by atoms with Gasteiger partial charge in [0.25, 0.3) is 0 Å². The molecule has 0 aliphatic carbocycles. The summed E-state index contributed by atoms with van der Waals surface area (Å²) in [7, 11) is 0. The molecule has 32 heavy (non-hydrogen) atoms. The van der Waals surface area contributed by atoms with E-state index in [9.17, 15) is 0 Å². The van der Waals surface area contributed by atoms with Gasteiger partial charge in [-0.3, -0.25) is 0 Å². The lowest BCUT2D eigenvalue weighted by atomic mass is 10.1. The third-order valence-electron chi connectivity index (χ3n) is 5.09. The maximum Gasteiger partial charge on any atom is 0.0897 e. The normalized spacial score (nSPS) is 11.3. The highest BCUT2D eigenvalue weighted by Crippen LogP contribution is 2.34. The lowest BCUT2D eigenvalue weighted by Gasteiger charge is -2.12. The first-order valence-corrected chi connectivity index (χ1v) is 12.8. The second-order valence-electron chi connectivity index (χ2n) is 7.24. The molecule has 2 nitrogen and oxygen atoms in total. The summed E-state index contributed by atoms with van der Waals surface area (Å²) in [5.74, 6) is 1.38. The summed E-state index contributed by atoms with van der Waals surface area (Å²) in [5.41, 5.74) is 3.75. The van der Waals surface area contributed by atoms with Crippen LogP contribution in [0.5, 0.6) is 0 Å². The molecule has 0 saturated carbocycles. The molecule has 1 aromatic heterocycles. The summed E-state index contributed by atoms with van der Waals surface area (Å²) in [6.07, 6.45) is 0. The van der Waals surface area contributed by atoms with Crippen molar-refractivity contribution in [2.45, 2.75) is 21.3 Å². The van der Waals surface area contributed by atoms with Gasteiger partial charge in [-0.15, -0.1) is 23.5 Å². The minimum absolute atomic E-state index is 0.692. The van der Waals surface area contributed by atoms with Crippen molar-refractivity contribution >= 4 is 68.5 Å². The van der Waals surface area contributed by atoms with E-state index in [0.29, 0.717) is 11.5 Å². The highest BCUT2D eigenvalue weighted by Gasteiger charge is 2.13. The van der Waals surface area contributed by atoms with Crippen molar-refractivity contribution in [3.63, 3.8) is 0 Å². The van der Waals surface area contributed by atoms with Crippen LogP contribution in [0.25, 0.3) is 21.8 Å². The van der Waals surface area contributed by atoms with E-state index < -0.39 is 0 Å². The maximum atomic E-state index is 6.37. The Bertz CT molecular complexity index is 1310. The fourth-order valence-corrected chi connectivity index (χ4v) is 5.87. The van der Waals surface area contributed by atoms with Crippen LogP contribution in [0.2, 0.25) is 10.0 Å². The molecule has 5 aromatic rings. The molecule has 0 fully saturated rings. The van der Waals surface area contributed by atoms with E-state index in [1.807, 2.05) is 60.7 Å². The first kappa shape index (κ1) is 21.6. The van der Waals surface area contributed by atoms with Crippen LogP contribution >= 0.6 is 46.7 Å². The third-order valence-corrected chi connectivity index (χ3v) is 8.14. The Labute approximate surface area is 205 Å². The molecule has 6 heteroatoms. The second kappa shape index (κ2) is 9.72. The molecular weight excluding hydrogens is 475 g/mol. The van der Waals surface area contributed by atoms with Crippen molar-refractivity contribution in [2.75, 3.05) is 0 Å². The van der Waals surface area contributed by atoms with Crippen LogP contribution in [0.4, 0.5) is 0 Å². The minimum atomic E-state index is 0.692. The number of benzene rings is 4. The molecule has 5 rings (SSSR count). The highest BCUT2D eigenvalue weighted by atomic mass is 35.5. The standard InChI is InChI=1S/C26H18Cl2N2S2/c27-19-9-3-5-11-25(19)31-15-23-24(16-32-26-12-6-4-10-20(26)28)30-22-14-18-8-2-1-7-17(18)13-21(22)29-23/h1-14H,15-16H2. The molecule has 0 atom stereocenters. The van der Waals surface area contributed by atoms with Gasteiger partial charge in [0.15, 0.2) is 0 Å². The van der Waals surface area contributed by atoms with Crippen molar-refractivity contribution in [1.29, 1.82) is 0 Å². The lowest BCUT2D eigenvalue weighted by molar-refractivity contribution is 1.07. The number of halogens is 2. The molecule has 0 saturated heterocycles. The molecule has 0 unspecified atom stereocenters. The van der Waals surface area contributed by atoms with Crippen LogP contribution in [0.1, 0.15) is 11.4 Å².